The van der Waals surface area contributed by atoms with Crippen molar-refractivity contribution in [1.82, 2.24) is 0 Å². The van der Waals surface area contributed by atoms with Gasteiger partial charge in [-0.1, -0.05) is 12.1 Å². The van der Waals surface area contributed by atoms with Crippen molar-refractivity contribution in [2.24, 2.45) is 0 Å². The Labute approximate surface area is 216 Å². The van der Waals surface area contributed by atoms with Crippen LogP contribution < -0.4 is 20.1 Å². The van der Waals surface area contributed by atoms with Crippen LogP contribution in [-0.4, -0.2) is 37.9 Å². The van der Waals surface area contributed by atoms with Crippen LogP contribution in [0.1, 0.15) is 12.0 Å². The number of hydrogen-bond donors (Lipinski definition) is 4. The number of benzene rings is 3. The number of halogens is 3. The number of rotatable bonds is 10. The molecule has 3 aromatic rings. The van der Waals surface area contributed by atoms with E-state index in [1.165, 1.54) is 30.3 Å². The van der Waals surface area contributed by atoms with E-state index in [0.29, 0.717) is 12.1 Å². The normalized spacial score (nSPS) is 11.6. The molecule has 0 saturated carbocycles. The largest absolute Gasteiger partial charge is 0.573 e. The van der Waals surface area contributed by atoms with Crippen LogP contribution in [0.3, 0.4) is 0 Å². The predicted octanol–water partition coefficient (Wildman–Crippen LogP) is 6.03. The first-order chi connectivity index (χ1) is 17.4. The van der Waals surface area contributed by atoms with Gasteiger partial charge in [0.1, 0.15) is 11.5 Å². The number of thioether (sulfide) groups is 1. The van der Waals surface area contributed by atoms with Gasteiger partial charge in [0.25, 0.3) is 0 Å². The van der Waals surface area contributed by atoms with Crippen LogP contribution in [0.2, 0.25) is 0 Å². The number of urea groups is 1. The highest BCUT2D eigenvalue weighted by Gasteiger charge is 2.30. The summed E-state index contributed by atoms with van der Waals surface area (Å²) in [5.41, 5.74) is 1.66. The summed E-state index contributed by atoms with van der Waals surface area (Å²) < 4.78 is 65.5. The van der Waals surface area contributed by atoms with Gasteiger partial charge in [0.2, 0.25) is 10.0 Å². The van der Waals surface area contributed by atoms with Crippen LogP contribution >= 0.6 is 11.8 Å². The average Bonchev–Trinajstić information content (AvgIpc) is 2.79. The first kappa shape index (κ1) is 28.0. The van der Waals surface area contributed by atoms with Crippen LogP contribution in [0, 0.1) is 0 Å². The van der Waals surface area contributed by atoms with Crippen molar-refractivity contribution in [2.45, 2.75) is 24.1 Å². The molecule has 3 aromatic carbocycles. The topological polar surface area (TPSA) is 117 Å². The summed E-state index contributed by atoms with van der Waals surface area (Å²) in [6, 6.07) is 16.4. The second-order valence-electron chi connectivity index (χ2n) is 7.85. The molecule has 0 spiro atoms. The maximum Gasteiger partial charge on any atom is 0.573 e. The van der Waals surface area contributed by atoms with E-state index in [2.05, 4.69) is 20.1 Å². The molecule has 0 aliphatic carbocycles. The number of nitrogens with one attached hydrogen (secondary N) is 3. The van der Waals surface area contributed by atoms with Crippen LogP contribution in [0.4, 0.5) is 35.0 Å². The summed E-state index contributed by atoms with van der Waals surface area (Å²) >= 11 is 1.61. The monoisotopic (exact) mass is 555 g/mol. The number of alkyl halides is 3. The summed E-state index contributed by atoms with van der Waals surface area (Å²) in [5.74, 6) is 0.265. The van der Waals surface area contributed by atoms with Gasteiger partial charge in [0.15, 0.2) is 0 Å². The van der Waals surface area contributed by atoms with E-state index in [0.717, 1.165) is 28.9 Å². The van der Waals surface area contributed by atoms with E-state index in [4.69, 9.17) is 0 Å². The number of hydrogen-bond acceptors (Lipinski definition) is 6. The van der Waals surface area contributed by atoms with Crippen molar-refractivity contribution in [3.8, 4) is 11.5 Å². The van der Waals surface area contributed by atoms with Crippen molar-refractivity contribution < 1.29 is 36.2 Å². The van der Waals surface area contributed by atoms with E-state index >= 15 is 0 Å². The predicted molar refractivity (Wildman–Crippen MR) is 138 cm³/mol. The van der Waals surface area contributed by atoms with Gasteiger partial charge in [0.05, 0.1) is 11.9 Å². The molecular formula is C24H24F3N3O5S2. The van der Waals surface area contributed by atoms with Crippen LogP contribution in [0.5, 0.6) is 11.5 Å². The first-order valence-corrected chi connectivity index (χ1v) is 13.7. The molecule has 0 bridgehead atoms. The van der Waals surface area contributed by atoms with E-state index in [-0.39, 0.29) is 22.9 Å². The van der Waals surface area contributed by atoms with Gasteiger partial charge in [0, 0.05) is 16.3 Å². The number of aromatic hydroxyl groups is 1. The third-order valence-corrected chi connectivity index (χ3v) is 6.39. The first-order valence-electron chi connectivity index (χ1n) is 10.8. The molecule has 0 radical (unpaired) electrons. The molecule has 8 nitrogen and oxygen atoms in total. The number of phenols is 1. The van der Waals surface area contributed by atoms with Crippen molar-refractivity contribution in [1.29, 1.82) is 0 Å². The van der Waals surface area contributed by atoms with Crippen molar-refractivity contribution >= 4 is 44.9 Å². The molecule has 0 unspecified atom stereocenters. The Hall–Kier alpha value is -3.58. The maximum absolute atomic E-state index is 12.3. The smallest absolute Gasteiger partial charge is 0.506 e. The fourth-order valence-electron chi connectivity index (χ4n) is 3.15. The number of anilines is 3. The van der Waals surface area contributed by atoms with E-state index in [1.54, 1.807) is 36.0 Å². The van der Waals surface area contributed by atoms with Gasteiger partial charge in [-0.15, -0.1) is 24.9 Å². The molecule has 13 heteroatoms. The zero-order valence-corrected chi connectivity index (χ0v) is 21.1. The molecule has 3 rings (SSSR count). The lowest BCUT2D eigenvalue weighted by molar-refractivity contribution is -0.274. The van der Waals surface area contributed by atoms with Crippen molar-refractivity contribution in [3.63, 3.8) is 0 Å². The summed E-state index contributed by atoms with van der Waals surface area (Å²) in [6.07, 6.45) is -2.24. The Morgan fingerprint density at radius 3 is 2.22 bits per heavy atom. The SMILES string of the molecule is CS(=O)(=O)Nc1cc(NC(=O)Nc2ccc(SCCCc3ccc(OC(F)(F)F)cc3)cc2)ccc1O. The lowest BCUT2D eigenvalue weighted by atomic mass is 10.1. The molecule has 0 heterocycles. The minimum absolute atomic E-state index is 0.0610. The fourth-order valence-corrected chi connectivity index (χ4v) is 4.56. The molecule has 0 saturated heterocycles. The van der Waals surface area contributed by atoms with Crippen LogP contribution in [0.15, 0.2) is 71.6 Å². The van der Waals surface area contributed by atoms with Crippen molar-refractivity contribution in [2.75, 3.05) is 27.4 Å². The van der Waals surface area contributed by atoms with Gasteiger partial charge in [-0.05, 0) is 78.8 Å². The lowest BCUT2D eigenvalue weighted by Gasteiger charge is -2.11. The third kappa shape index (κ3) is 10.1. The molecule has 0 fully saturated rings. The number of amides is 2. The quantitative estimate of drug-likeness (QED) is 0.105. The van der Waals surface area contributed by atoms with Gasteiger partial charge in [-0.2, -0.15) is 0 Å². The van der Waals surface area contributed by atoms with E-state index in [1.807, 2.05) is 12.1 Å². The molecule has 2 amide bonds. The van der Waals surface area contributed by atoms with E-state index in [9.17, 15) is 31.5 Å². The number of sulfonamides is 1. The van der Waals surface area contributed by atoms with E-state index < -0.39 is 22.4 Å². The van der Waals surface area contributed by atoms with Gasteiger partial charge in [-0.25, -0.2) is 13.2 Å². The standard InChI is InChI=1S/C24H24F3N3O5S2/c1-37(33,34)30-21-15-18(8-13-22(21)31)29-23(32)28-17-6-11-20(12-7-17)36-14-2-3-16-4-9-19(10-5-16)35-24(25,26)27/h4-13,15,30-31H,2-3,14H2,1H3,(H2,28,29,32). The highest BCUT2D eigenvalue weighted by molar-refractivity contribution is 7.99. The summed E-state index contributed by atoms with van der Waals surface area (Å²) in [5, 5.41) is 15.0. The van der Waals surface area contributed by atoms with Gasteiger partial charge in [-0.3, -0.25) is 4.72 Å². The highest BCUT2D eigenvalue weighted by Crippen LogP contribution is 2.28. The molecule has 4 N–H and O–H groups in total. The summed E-state index contributed by atoms with van der Waals surface area (Å²) in [7, 11) is -3.61. The molecule has 0 atom stereocenters. The second-order valence-corrected chi connectivity index (χ2v) is 10.8. The molecular weight excluding hydrogens is 531 g/mol. The number of carbonyl (C=O) groups is 1. The zero-order valence-electron chi connectivity index (χ0n) is 19.5. The Bertz CT molecular complexity index is 1320. The van der Waals surface area contributed by atoms with Gasteiger partial charge < -0.3 is 20.5 Å². The fraction of sp³-hybridized carbons (Fsp3) is 0.208. The minimum Gasteiger partial charge on any atom is -0.506 e. The number of carbonyl (C=O) groups excluding carboxylic acids is 1. The summed E-state index contributed by atoms with van der Waals surface area (Å²) in [6.45, 7) is 0. The number of phenolic OH excluding ortho intramolecular Hbond substituents is 1. The molecule has 37 heavy (non-hydrogen) atoms. The van der Waals surface area contributed by atoms with Gasteiger partial charge >= 0.3 is 12.4 Å². The lowest BCUT2D eigenvalue weighted by Crippen LogP contribution is -2.19. The highest BCUT2D eigenvalue weighted by atomic mass is 32.2. The zero-order chi connectivity index (χ0) is 27.1. The average molecular weight is 556 g/mol. The Kier molecular flexibility index (Phi) is 9.16. The Balaban J connectivity index is 1.43. The molecule has 198 valence electrons. The Morgan fingerprint density at radius 1 is 0.973 bits per heavy atom. The molecule has 0 aromatic heterocycles. The van der Waals surface area contributed by atoms with Crippen LogP contribution in [0.25, 0.3) is 0 Å². The maximum atomic E-state index is 12.3. The molecule has 0 aliphatic heterocycles. The summed E-state index contributed by atoms with van der Waals surface area (Å²) in [4.78, 5) is 13.3. The number of aryl methyl sites for hydroxylation is 1. The minimum atomic E-state index is -4.71. The van der Waals surface area contributed by atoms with Crippen LogP contribution in [-0.2, 0) is 16.4 Å². The Morgan fingerprint density at radius 2 is 1.59 bits per heavy atom. The third-order valence-electron chi connectivity index (χ3n) is 4.70. The van der Waals surface area contributed by atoms with Crippen molar-refractivity contribution in [3.05, 3.63) is 72.3 Å². The molecule has 0 aliphatic rings. The number of ether oxygens (including phenoxy) is 1. The second kappa shape index (κ2) is 12.1.